The quantitative estimate of drug-likeness (QED) is 0.874. The first-order valence-electron chi connectivity index (χ1n) is 5.91. The maximum atomic E-state index is 11.8. The number of carbonyl (C=O) groups excluding carboxylic acids is 1. The second-order valence-electron chi connectivity index (χ2n) is 4.14. The van der Waals surface area contributed by atoms with Gasteiger partial charge in [0, 0.05) is 17.0 Å². The molecule has 20 heavy (non-hydrogen) atoms. The summed E-state index contributed by atoms with van der Waals surface area (Å²) in [5, 5.41) is 7.82. The molecule has 0 spiro atoms. The first kappa shape index (κ1) is 14.7. The van der Waals surface area contributed by atoms with E-state index in [2.05, 4.69) is 5.32 Å². The average molecular weight is 310 g/mol. The first-order valence-corrected chi connectivity index (χ1v) is 8.28. The van der Waals surface area contributed by atoms with Crippen LogP contribution in [-0.2, 0) is 16.4 Å². The molecule has 2 rings (SSSR count). The van der Waals surface area contributed by atoms with Crippen molar-refractivity contribution in [3.63, 3.8) is 0 Å². The predicted octanol–water partition coefficient (Wildman–Crippen LogP) is 1.37. The fourth-order valence-corrected chi connectivity index (χ4v) is 3.41. The Balaban J connectivity index is 1.88. The predicted molar refractivity (Wildman–Crippen MR) is 78.2 cm³/mol. The van der Waals surface area contributed by atoms with Crippen LogP contribution < -0.4 is 10.5 Å². The van der Waals surface area contributed by atoms with Crippen molar-refractivity contribution in [2.75, 3.05) is 6.54 Å². The molecule has 1 heterocycles. The summed E-state index contributed by atoms with van der Waals surface area (Å²) in [7, 11) is -3.64. The lowest BCUT2D eigenvalue weighted by Gasteiger charge is -2.03. The molecule has 0 radical (unpaired) electrons. The van der Waals surface area contributed by atoms with Gasteiger partial charge in [-0.3, -0.25) is 4.79 Å². The lowest BCUT2D eigenvalue weighted by Crippen LogP contribution is -2.25. The van der Waals surface area contributed by atoms with Crippen LogP contribution in [0.15, 0.2) is 46.7 Å². The minimum Gasteiger partial charge on any atom is -0.352 e. The maximum absolute atomic E-state index is 11.8. The van der Waals surface area contributed by atoms with Crippen LogP contribution in [0.3, 0.4) is 0 Å². The third-order valence-electron chi connectivity index (χ3n) is 2.61. The van der Waals surface area contributed by atoms with Crippen LogP contribution in [0.1, 0.15) is 15.2 Å². The molecule has 7 heteroatoms. The number of hydrogen-bond acceptors (Lipinski definition) is 4. The summed E-state index contributed by atoms with van der Waals surface area (Å²) >= 11 is 1.12. The molecule has 1 aromatic heterocycles. The molecule has 2 aromatic rings. The fourth-order valence-electron chi connectivity index (χ4n) is 1.64. The van der Waals surface area contributed by atoms with E-state index in [4.69, 9.17) is 5.14 Å². The van der Waals surface area contributed by atoms with E-state index in [9.17, 15) is 13.2 Å². The third kappa shape index (κ3) is 3.89. The molecule has 0 atom stereocenters. The number of amides is 1. The van der Waals surface area contributed by atoms with Gasteiger partial charge in [0.2, 0.25) is 10.0 Å². The van der Waals surface area contributed by atoms with Crippen molar-refractivity contribution in [3.8, 4) is 0 Å². The molecule has 0 fully saturated rings. The zero-order chi connectivity index (χ0) is 14.6. The van der Waals surface area contributed by atoms with Crippen molar-refractivity contribution in [1.29, 1.82) is 0 Å². The number of thiophene rings is 1. The molecule has 0 aliphatic carbocycles. The Bertz CT molecular complexity index is 693. The SMILES string of the molecule is NS(=O)(=O)c1ccc(CCNC(=O)c2ccccc2)s1. The van der Waals surface area contributed by atoms with Crippen LogP contribution >= 0.6 is 11.3 Å². The summed E-state index contributed by atoms with van der Waals surface area (Å²) in [6.45, 7) is 0.443. The van der Waals surface area contributed by atoms with E-state index in [1.807, 2.05) is 6.07 Å². The minimum absolute atomic E-state index is 0.141. The van der Waals surface area contributed by atoms with E-state index in [1.165, 1.54) is 6.07 Å². The van der Waals surface area contributed by atoms with Crippen molar-refractivity contribution in [2.24, 2.45) is 5.14 Å². The molecule has 1 aromatic carbocycles. The molecular weight excluding hydrogens is 296 g/mol. The first-order chi connectivity index (χ1) is 9.47. The van der Waals surface area contributed by atoms with Crippen molar-refractivity contribution in [2.45, 2.75) is 10.6 Å². The number of benzene rings is 1. The third-order valence-corrected chi connectivity index (χ3v) is 5.19. The summed E-state index contributed by atoms with van der Waals surface area (Å²) in [4.78, 5) is 12.6. The van der Waals surface area contributed by atoms with Crippen LogP contribution in [-0.4, -0.2) is 20.9 Å². The minimum atomic E-state index is -3.64. The van der Waals surface area contributed by atoms with Gasteiger partial charge in [0.15, 0.2) is 0 Å². The Morgan fingerprint density at radius 2 is 1.85 bits per heavy atom. The highest BCUT2D eigenvalue weighted by molar-refractivity contribution is 7.91. The number of carbonyl (C=O) groups is 1. The van der Waals surface area contributed by atoms with E-state index in [0.717, 1.165) is 16.2 Å². The number of sulfonamides is 1. The van der Waals surface area contributed by atoms with Crippen LogP contribution in [0, 0.1) is 0 Å². The molecule has 5 nitrogen and oxygen atoms in total. The van der Waals surface area contributed by atoms with Gasteiger partial charge < -0.3 is 5.32 Å². The summed E-state index contributed by atoms with van der Waals surface area (Å²) in [6, 6.07) is 12.1. The molecule has 0 aliphatic heterocycles. The van der Waals surface area contributed by atoms with Crippen molar-refractivity contribution in [3.05, 3.63) is 52.9 Å². The average Bonchev–Trinajstić information content (AvgIpc) is 2.88. The van der Waals surface area contributed by atoms with Gasteiger partial charge in [-0.2, -0.15) is 0 Å². The maximum Gasteiger partial charge on any atom is 0.251 e. The Morgan fingerprint density at radius 1 is 1.15 bits per heavy atom. The summed E-state index contributed by atoms with van der Waals surface area (Å²) < 4.78 is 22.4. The van der Waals surface area contributed by atoms with Gasteiger partial charge in [-0.05, 0) is 30.7 Å². The van der Waals surface area contributed by atoms with Gasteiger partial charge in [0.1, 0.15) is 4.21 Å². The van der Waals surface area contributed by atoms with Gasteiger partial charge in [0.05, 0.1) is 0 Å². The van der Waals surface area contributed by atoms with Crippen molar-refractivity contribution < 1.29 is 13.2 Å². The van der Waals surface area contributed by atoms with E-state index < -0.39 is 10.0 Å². The van der Waals surface area contributed by atoms with Gasteiger partial charge in [-0.1, -0.05) is 18.2 Å². The molecule has 0 unspecified atom stereocenters. The molecule has 0 aliphatic rings. The number of primary sulfonamides is 1. The number of hydrogen-bond donors (Lipinski definition) is 2. The van der Waals surface area contributed by atoms with Gasteiger partial charge in [0.25, 0.3) is 5.91 Å². The number of rotatable bonds is 5. The molecule has 3 N–H and O–H groups in total. The zero-order valence-electron chi connectivity index (χ0n) is 10.6. The van der Waals surface area contributed by atoms with Crippen LogP contribution in [0.25, 0.3) is 0 Å². The topological polar surface area (TPSA) is 89.3 Å². The second-order valence-corrected chi connectivity index (χ2v) is 7.09. The Kier molecular flexibility index (Phi) is 4.53. The summed E-state index contributed by atoms with van der Waals surface area (Å²) in [5.41, 5.74) is 0.601. The largest absolute Gasteiger partial charge is 0.352 e. The normalized spacial score (nSPS) is 11.2. The van der Waals surface area contributed by atoms with E-state index in [1.54, 1.807) is 30.3 Å². The summed E-state index contributed by atoms with van der Waals surface area (Å²) in [6.07, 6.45) is 0.568. The highest BCUT2D eigenvalue weighted by Crippen LogP contribution is 2.20. The summed E-state index contributed by atoms with van der Waals surface area (Å²) in [5.74, 6) is -0.145. The van der Waals surface area contributed by atoms with Gasteiger partial charge >= 0.3 is 0 Å². The Labute approximate surface area is 121 Å². The standard InChI is InChI=1S/C13H14N2O3S2/c14-20(17,18)12-7-6-11(19-12)8-9-15-13(16)10-4-2-1-3-5-10/h1-7H,8-9H2,(H,15,16)(H2,14,17,18). The highest BCUT2D eigenvalue weighted by Gasteiger charge is 2.11. The molecule has 106 valence electrons. The second kappa shape index (κ2) is 6.17. The number of nitrogens with one attached hydrogen (secondary N) is 1. The lowest BCUT2D eigenvalue weighted by atomic mass is 10.2. The molecule has 0 saturated carbocycles. The van der Waals surface area contributed by atoms with Gasteiger partial charge in [-0.15, -0.1) is 11.3 Å². The van der Waals surface area contributed by atoms with Gasteiger partial charge in [-0.25, -0.2) is 13.6 Å². The smallest absolute Gasteiger partial charge is 0.251 e. The molecule has 0 saturated heterocycles. The zero-order valence-corrected chi connectivity index (χ0v) is 12.2. The van der Waals surface area contributed by atoms with Crippen molar-refractivity contribution in [1.82, 2.24) is 5.32 Å². The van der Waals surface area contributed by atoms with E-state index >= 15 is 0 Å². The van der Waals surface area contributed by atoms with Crippen LogP contribution in [0.5, 0.6) is 0 Å². The highest BCUT2D eigenvalue weighted by atomic mass is 32.2. The molecule has 0 bridgehead atoms. The van der Waals surface area contributed by atoms with Crippen LogP contribution in [0.2, 0.25) is 0 Å². The fraction of sp³-hybridized carbons (Fsp3) is 0.154. The van der Waals surface area contributed by atoms with Crippen molar-refractivity contribution >= 4 is 27.3 Å². The Morgan fingerprint density at radius 3 is 2.45 bits per heavy atom. The van der Waals surface area contributed by atoms with E-state index in [0.29, 0.717) is 18.5 Å². The molecule has 1 amide bonds. The van der Waals surface area contributed by atoms with Crippen LogP contribution in [0.4, 0.5) is 0 Å². The van der Waals surface area contributed by atoms with E-state index in [-0.39, 0.29) is 10.1 Å². The molecular formula is C13H14N2O3S2. The lowest BCUT2D eigenvalue weighted by molar-refractivity contribution is 0.0954. The Hall–Kier alpha value is -1.70. The number of nitrogens with two attached hydrogens (primary N) is 1. The monoisotopic (exact) mass is 310 g/mol.